The highest BCUT2D eigenvalue weighted by Crippen LogP contribution is 2.43. The van der Waals surface area contributed by atoms with E-state index in [2.05, 4.69) is 104 Å². The number of benzene rings is 2. The van der Waals surface area contributed by atoms with E-state index in [0.717, 1.165) is 80.8 Å². The van der Waals surface area contributed by atoms with Gasteiger partial charge in [-0.2, -0.15) is 0 Å². The number of aryl methyl sites for hydroxylation is 2. The number of carbonyl (C=O) groups is 1. The first-order valence-corrected chi connectivity index (χ1v) is 24.5. The molecular weight excluding hydrogens is 895 g/mol. The van der Waals surface area contributed by atoms with Gasteiger partial charge < -0.3 is 54.1 Å². The van der Waals surface area contributed by atoms with Crippen LogP contribution in [-0.4, -0.2) is 136 Å². The molecule has 0 unspecified atom stereocenters. The van der Waals surface area contributed by atoms with Gasteiger partial charge in [0.1, 0.15) is 5.78 Å². The predicted molar refractivity (Wildman–Crippen MR) is 279 cm³/mol. The van der Waals surface area contributed by atoms with Gasteiger partial charge in [-0.25, -0.2) is 0 Å². The predicted octanol–water partition coefficient (Wildman–Crippen LogP) is 9.05. The number of hydrogen-bond donors (Lipinski definition) is 2. The minimum Gasteiger partial charge on any atom is -0.405 e. The molecule has 2 aromatic rings. The van der Waals surface area contributed by atoms with Crippen LogP contribution in [0.15, 0.2) is 58.5 Å². The van der Waals surface area contributed by atoms with Crippen molar-refractivity contribution in [3.05, 3.63) is 75.2 Å². The van der Waals surface area contributed by atoms with Gasteiger partial charge in [0.2, 0.25) is 0 Å². The molecule has 0 radical (unpaired) electrons. The molecule has 0 saturated carbocycles. The maximum atomic E-state index is 10.6. The molecule has 6 aliphatic rings. The molecule has 16 heteroatoms. The van der Waals surface area contributed by atoms with Crippen LogP contribution in [0.1, 0.15) is 125 Å². The molecule has 0 aliphatic carbocycles. The van der Waals surface area contributed by atoms with Crippen LogP contribution in [0.25, 0.3) is 5.57 Å². The third-order valence-electron chi connectivity index (χ3n) is 14.3. The molecule has 4 saturated heterocycles. The molecule has 4 fully saturated rings. The van der Waals surface area contributed by atoms with Crippen LogP contribution in [0.2, 0.25) is 0 Å². The number of nitrogens with zero attached hydrogens (tertiary/aromatic N) is 3. The molecule has 8 rings (SSSR count). The lowest BCUT2D eigenvalue weighted by molar-refractivity contribution is -0.121. The van der Waals surface area contributed by atoms with E-state index >= 15 is 0 Å². The summed E-state index contributed by atoms with van der Waals surface area (Å²) < 4.78 is 37.0. The summed E-state index contributed by atoms with van der Waals surface area (Å²) in [7, 11) is 5.24. The van der Waals surface area contributed by atoms with E-state index in [1.807, 2.05) is 93.6 Å². The summed E-state index contributed by atoms with van der Waals surface area (Å²) in [5.74, 6) is 0.420. The van der Waals surface area contributed by atoms with E-state index in [0.29, 0.717) is 5.78 Å². The first kappa shape index (κ1) is 56.1. The fourth-order valence-electron chi connectivity index (χ4n) is 7.66. The van der Waals surface area contributed by atoms with Crippen LogP contribution in [-0.2, 0) is 32.7 Å². The SMILES string of the molecule is CC1(C)OB(B2OC(C)(C)C(C)(C)O2)OC1(C)C.CN1CC=C(B2OC(C)(C)C(C)(C)O2)CC1.CN1CCC(=O)CC1.Cc1cc(N)cc(Br)c1.Cc1cc(N)cc(C2=CCN(C)CC2)c1. The van der Waals surface area contributed by atoms with E-state index in [9.17, 15) is 4.79 Å². The number of carbonyl (C=O) groups excluding carboxylic acids is 1. The topological polar surface area (TPSA) is 134 Å². The molecule has 6 heterocycles. The Bertz CT molecular complexity index is 1860. The maximum absolute atomic E-state index is 10.6. The number of hydrogen-bond acceptors (Lipinski definition) is 12. The smallest absolute Gasteiger partial charge is 0.405 e. The first-order chi connectivity index (χ1) is 30.3. The number of piperidine rings is 1. The molecule has 366 valence electrons. The van der Waals surface area contributed by atoms with Crippen molar-refractivity contribution in [2.75, 3.05) is 71.9 Å². The van der Waals surface area contributed by atoms with Crippen molar-refractivity contribution < 1.29 is 32.7 Å². The van der Waals surface area contributed by atoms with Gasteiger partial charge in [-0.1, -0.05) is 34.1 Å². The van der Waals surface area contributed by atoms with Crippen molar-refractivity contribution >= 4 is 59.8 Å². The van der Waals surface area contributed by atoms with E-state index in [1.165, 1.54) is 27.7 Å². The molecule has 0 bridgehead atoms. The van der Waals surface area contributed by atoms with Crippen LogP contribution in [0.4, 0.5) is 11.4 Å². The number of Topliss-reactive ketones (excluding diaryl/α,β-unsaturated/α-hetero) is 1. The van der Waals surface area contributed by atoms with E-state index in [1.54, 1.807) is 0 Å². The Morgan fingerprint density at radius 3 is 1.27 bits per heavy atom. The quantitative estimate of drug-likeness (QED) is 0.225. The Kier molecular flexibility index (Phi) is 19.1. The second kappa shape index (κ2) is 22.5. The normalized spacial score (nSPS) is 24.0. The number of likely N-dealkylation sites (N-methyl/N-ethyl adjacent to an activating group) is 2. The Hall–Kier alpha value is -2.50. The molecular formula is C50H83B3BrN5O7. The Balaban J connectivity index is 0.000000186. The van der Waals surface area contributed by atoms with Crippen molar-refractivity contribution in [2.24, 2.45) is 0 Å². The summed E-state index contributed by atoms with van der Waals surface area (Å²) in [5.41, 5.74) is 17.6. The first-order valence-electron chi connectivity index (χ1n) is 23.7. The molecule has 4 N–H and O–H groups in total. The third kappa shape index (κ3) is 15.5. The van der Waals surface area contributed by atoms with E-state index in [-0.39, 0.29) is 40.7 Å². The minimum absolute atomic E-state index is 0.140. The average molecular weight is 979 g/mol. The van der Waals surface area contributed by atoms with Crippen molar-refractivity contribution in [1.82, 2.24) is 14.7 Å². The summed E-state index contributed by atoms with van der Waals surface area (Å²) in [6, 6.07) is 12.1. The number of ketones is 1. The summed E-state index contributed by atoms with van der Waals surface area (Å²) in [6.07, 6.45) is 8.24. The van der Waals surface area contributed by atoms with Gasteiger partial charge in [0, 0.05) is 68.0 Å². The lowest BCUT2D eigenvalue weighted by atomic mass is 9.49. The number of anilines is 2. The zero-order chi connectivity index (χ0) is 49.6. The van der Waals surface area contributed by atoms with Gasteiger partial charge in [0.05, 0.1) is 33.6 Å². The summed E-state index contributed by atoms with van der Waals surface area (Å²) in [5, 5.41) is 0. The highest BCUT2D eigenvalue weighted by molar-refractivity contribution is 9.10. The summed E-state index contributed by atoms with van der Waals surface area (Å²) in [6.45, 7) is 34.9. The zero-order valence-electron chi connectivity index (χ0n) is 43.7. The second-order valence-corrected chi connectivity index (χ2v) is 22.8. The monoisotopic (exact) mass is 978 g/mol. The second-order valence-electron chi connectivity index (χ2n) is 21.9. The number of likely N-dealkylation sites (tertiary alicyclic amines) is 1. The van der Waals surface area contributed by atoms with Crippen molar-refractivity contribution in [3.63, 3.8) is 0 Å². The largest absolute Gasteiger partial charge is 0.490 e. The number of rotatable bonds is 3. The molecule has 0 atom stereocenters. The van der Waals surface area contributed by atoms with Crippen LogP contribution >= 0.6 is 15.9 Å². The van der Waals surface area contributed by atoms with E-state index in [4.69, 9.17) is 39.4 Å². The lowest BCUT2D eigenvalue weighted by Crippen LogP contribution is -2.41. The fourth-order valence-corrected chi connectivity index (χ4v) is 8.28. The number of nitrogen functional groups attached to an aromatic ring is 2. The van der Waals surface area contributed by atoms with Gasteiger partial charge in [-0.3, -0.25) is 4.79 Å². The highest BCUT2D eigenvalue weighted by Gasteiger charge is 2.63. The number of nitrogens with two attached hydrogens (primary N) is 2. The molecule has 0 aromatic heterocycles. The van der Waals surface area contributed by atoms with Crippen LogP contribution < -0.4 is 11.5 Å². The fraction of sp³-hybridized carbons (Fsp3) is 0.660. The van der Waals surface area contributed by atoms with Crippen molar-refractivity contribution in [2.45, 2.75) is 156 Å². The average Bonchev–Trinajstić information content (AvgIpc) is 3.66. The highest BCUT2D eigenvalue weighted by atomic mass is 79.9. The van der Waals surface area contributed by atoms with Gasteiger partial charge in [0.25, 0.3) is 0 Å². The van der Waals surface area contributed by atoms with Crippen molar-refractivity contribution in [1.29, 1.82) is 0 Å². The van der Waals surface area contributed by atoms with Gasteiger partial charge in [0.15, 0.2) is 0 Å². The molecule has 0 amide bonds. The van der Waals surface area contributed by atoms with Crippen LogP contribution in [0, 0.1) is 13.8 Å². The maximum Gasteiger partial charge on any atom is 0.490 e. The Labute approximate surface area is 408 Å². The molecule has 2 aromatic carbocycles. The summed E-state index contributed by atoms with van der Waals surface area (Å²) >= 11 is 3.33. The number of halogens is 1. The van der Waals surface area contributed by atoms with Crippen LogP contribution in [0.3, 0.4) is 0 Å². The summed E-state index contributed by atoms with van der Waals surface area (Å²) in [4.78, 5) is 17.4. The Morgan fingerprint density at radius 2 is 0.909 bits per heavy atom. The standard InChI is InChI=1S/C13H18N2.C12H24B2O4.C12H22BNO2.C7H8BrN.C6H11NO/c1-10-7-12(9-13(14)8-10)11-3-5-15(2)6-4-11;1-9(2)10(3,4)16-13(15-9)14-17-11(5,6)12(7,8)18-14;1-11(2)12(3,4)16-13(15-11)10-6-8-14(5)9-7-10;1-5-2-6(8)4-7(9)3-5;1-7-4-2-6(8)3-5-7/h3,7-9H,4-6,14H2,1-2H3;1-8H3;6H,7-9H2,1-5H3;2-4H,9H2,1H3;2-5H2,1H3. The van der Waals surface area contributed by atoms with E-state index < -0.39 is 14.0 Å². The van der Waals surface area contributed by atoms with Crippen molar-refractivity contribution in [3.8, 4) is 0 Å². The van der Waals surface area contributed by atoms with Gasteiger partial charge >= 0.3 is 21.1 Å². The molecule has 0 spiro atoms. The Morgan fingerprint density at radius 1 is 0.515 bits per heavy atom. The minimum atomic E-state index is -0.476. The molecule has 12 nitrogen and oxygen atoms in total. The zero-order valence-corrected chi connectivity index (χ0v) is 45.2. The van der Waals surface area contributed by atoms with Gasteiger partial charge in [-0.15, -0.1) is 0 Å². The van der Waals surface area contributed by atoms with Crippen LogP contribution in [0.5, 0.6) is 0 Å². The third-order valence-corrected chi connectivity index (χ3v) is 14.7. The van der Waals surface area contributed by atoms with Gasteiger partial charge in [-0.05, 0) is 189 Å². The molecule has 66 heavy (non-hydrogen) atoms. The lowest BCUT2D eigenvalue weighted by Gasteiger charge is -2.32. The molecule has 6 aliphatic heterocycles.